The van der Waals surface area contributed by atoms with E-state index in [0.717, 1.165) is 11.1 Å². The number of aromatic nitrogens is 3. The quantitative estimate of drug-likeness (QED) is 0.365. The molecule has 8 nitrogen and oxygen atoms in total. The van der Waals surface area contributed by atoms with Crippen molar-refractivity contribution in [3.63, 3.8) is 0 Å². The van der Waals surface area contributed by atoms with E-state index in [2.05, 4.69) is 32.4 Å². The van der Waals surface area contributed by atoms with Crippen LogP contribution in [0.2, 0.25) is 0 Å². The van der Waals surface area contributed by atoms with Crippen molar-refractivity contribution in [1.82, 2.24) is 29.7 Å². The third-order valence-corrected chi connectivity index (χ3v) is 7.37. The van der Waals surface area contributed by atoms with E-state index in [1.54, 1.807) is 29.2 Å². The van der Waals surface area contributed by atoms with Gasteiger partial charge in [-0.05, 0) is 43.8 Å². The molecule has 5 rings (SSSR count). The minimum Gasteiger partial charge on any atom is -0.497 e. The molecule has 0 bridgehead atoms. The molecule has 3 heterocycles. The third-order valence-electron chi connectivity index (χ3n) is 7.37. The summed E-state index contributed by atoms with van der Waals surface area (Å²) in [4.78, 5) is 22.2. The van der Waals surface area contributed by atoms with Gasteiger partial charge in [0.15, 0.2) is 11.3 Å². The van der Waals surface area contributed by atoms with Gasteiger partial charge in [0.1, 0.15) is 11.3 Å². The van der Waals surface area contributed by atoms with Crippen LogP contribution in [0.5, 0.6) is 5.75 Å². The zero-order chi connectivity index (χ0) is 28.4. The lowest BCUT2D eigenvalue weighted by Crippen LogP contribution is -2.51. The van der Waals surface area contributed by atoms with Crippen molar-refractivity contribution in [2.75, 3.05) is 46.9 Å². The molecule has 210 valence electrons. The van der Waals surface area contributed by atoms with Gasteiger partial charge in [0.25, 0.3) is 5.91 Å². The molecular formula is C29H31F3N6O2. The van der Waals surface area contributed by atoms with Gasteiger partial charge in [-0.15, -0.1) is 0 Å². The first-order valence-corrected chi connectivity index (χ1v) is 13.1. The highest BCUT2D eigenvalue weighted by Crippen LogP contribution is 2.37. The summed E-state index contributed by atoms with van der Waals surface area (Å²) in [5.74, 6) is 0.187. The van der Waals surface area contributed by atoms with Gasteiger partial charge in [0.2, 0.25) is 0 Å². The largest absolute Gasteiger partial charge is 0.497 e. The molecule has 0 saturated carbocycles. The molecule has 2 aromatic heterocycles. The molecule has 1 fully saturated rings. The number of carbonyl (C=O) groups is 1. The SMILES string of the molecule is CNC[C@@H](c1ccccc1)N1CCN(C(=O)c2cnn3c(C(F)(F)F)c(C)c(-c4ccc(OC)cc4)nc23)CC1. The Morgan fingerprint density at radius 3 is 2.33 bits per heavy atom. The van der Waals surface area contributed by atoms with E-state index in [1.807, 2.05) is 25.2 Å². The van der Waals surface area contributed by atoms with Crippen LogP contribution >= 0.6 is 0 Å². The van der Waals surface area contributed by atoms with Crippen LogP contribution in [0.15, 0.2) is 60.8 Å². The summed E-state index contributed by atoms with van der Waals surface area (Å²) in [6, 6.07) is 16.9. The number of alkyl halides is 3. The van der Waals surface area contributed by atoms with Gasteiger partial charge < -0.3 is 15.0 Å². The number of halogens is 3. The van der Waals surface area contributed by atoms with E-state index in [9.17, 15) is 18.0 Å². The molecule has 0 spiro atoms. The molecule has 40 heavy (non-hydrogen) atoms. The van der Waals surface area contributed by atoms with Gasteiger partial charge in [0, 0.05) is 49.9 Å². The topological polar surface area (TPSA) is 75.0 Å². The minimum atomic E-state index is -4.70. The van der Waals surface area contributed by atoms with E-state index < -0.39 is 11.9 Å². The van der Waals surface area contributed by atoms with Crippen LogP contribution in [0.3, 0.4) is 0 Å². The third kappa shape index (κ3) is 5.26. The number of hydrogen-bond donors (Lipinski definition) is 1. The molecule has 0 unspecified atom stereocenters. The maximum Gasteiger partial charge on any atom is 0.433 e. The van der Waals surface area contributed by atoms with E-state index in [1.165, 1.54) is 25.8 Å². The second-order valence-electron chi connectivity index (χ2n) is 9.77. The Morgan fingerprint density at radius 2 is 1.73 bits per heavy atom. The number of nitrogens with one attached hydrogen (secondary N) is 1. The fourth-order valence-corrected chi connectivity index (χ4v) is 5.32. The summed E-state index contributed by atoms with van der Waals surface area (Å²) in [5.41, 5.74) is 0.708. The van der Waals surface area contributed by atoms with Crippen molar-refractivity contribution in [2.45, 2.75) is 19.1 Å². The van der Waals surface area contributed by atoms with Gasteiger partial charge in [-0.25, -0.2) is 9.50 Å². The van der Waals surface area contributed by atoms with Crippen LogP contribution in [-0.4, -0.2) is 77.2 Å². The first kappa shape index (κ1) is 27.6. The highest BCUT2D eigenvalue weighted by molar-refractivity contribution is 6.00. The molecule has 4 aromatic rings. The monoisotopic (exact) mass is 552 g/mol. The Hall–Kier alpha value is -3.96. The molecule has 1 aliphatic rings. The number of piperazine rings is 1. The average Bonchev–Trinajstić information content (AvgIpc) is 3.38. The predicted octanol–water partition coefficient (Wildman–Crippen LogP) is 4.45. The van der Waals surface area contributed by atoms with Crippen LogP contribution in [0.25, 0.3) is 16.9 Å². The Labute approximate surface area is 230 Å². The van der Waals surface area contributed by atoms with Crippen molar-refractivity contribution in [3.05, 3.63) is 83.2 Å². The summed E-state index contributed by atoms with van der Waals surface area (Å²) in [6.45, 7) is 4.25. The van der Waals surface area contributed by atoms with Gasteiger partial charge in [-0.3, -0.25) is 9.69 Å². The van der Waals surface area contributed by atoms with Crippen LogP contribution in [0.4, 0.5) is 13.2 Å². The van der Waals surface area contributed by atoms with Gasteiger partial charge in [-0.1, -0.05) is 30.3 Å². The lowest BCUT2D eigenvalue weighted by atomic mass is 10.0. The van der Waals surface area contributed by atoms with Crippen LogP contribution in [-0.2, 0) is 6.18 Å². The summed E-state index contributed by atoms with van der Waals surface area (Å²) in [6.07, 6.45) is -3.51. The van der Waals surface area contributed by atoms with Crippen molar-refractivity contribution < 1.29 is 22.7 Å². The molecule has 1 N–H and O–H groups in total. The van der Waals surface area contributed by atoms with Gasteiger partial charge >= 0.3 is 6.18 Å². The zero-order valence-corrected chi connectivity index (χ0v) is 22.6. The standard InChI is InChI=1S/C29H31F3N6O2/c1-19-25(21-9-11-22(40-3)12-10-21)35-27-23(17-34-38(27)26(19)29(30,31)32)28(39)37-15-13-36(14-16-37)24(18-33-2)20-7-5-4-6-8-20/h4-12,17,24,33H,13-16,18H2,1-3H3/t24-/m0/s1. The van der Waals surface area contributed by atoms with E-state index in [0.29, 0.717) is 37.5 Å². The molecule has 1 saturated heterocycles. The zero-order valence-electron chi connectivity index (χ0n) is 22.6. The number of benzene rings is 2. The predicted molar refractivity (Wildman–Crippen MR) is 145 cm³/mol. The second kappa shape index (κ2) is 11.3. The number of amides is 1. The number of carbonyl (C=O) groups excluding carboxylic acids is 1. The van der Waals surface area contributed by atoms with Crippen molar-refractivity contribution in [3.8, 4) is 17.0 Å². The number of fused-ring (bicyclic) bond motifs is 1. The van der Waals surface area contributed by atoms with Crippen molar-refractivity contribution in [2.24, 2.45) is 0 Å². The first-order chi connectivity index (χ1) is 19.2. The first-order valence-electron chi connectivity index (χ1n) is 13.1. The number of methoxy groups -OCH3 is 1. The average molecular weight is 553 g/mol. The molecule has 1 amide bonds. The van der Waals surface area contributed by atoms with Crippen molar-refractivity contribution >= 4 is 11.6 Å². The number of ether oxygens (including phenoxy) is 1. The highest BCUT2D eigenvalue weighted by Gasteiger charge is 2.39. The van der Waals surface area contributed by atoms with Crippen molar-refractivity contribution in [1.29, 1.82) is 0 Å². The fraction of sp³-hybridized carbons (Fsp3) is 0.345. The molecule has 11 heteroatoms. The van der Waals surface area contributed by atoms with Crippen LogP contribution in [0, 0.1) is 6.92 Å². The molecular weight excluding hydrogens is 521 g/mol. The Kier molecular flexibility index (Phi) is 7.77. The molecule has 1 atom stereocenters. The minimum absolute atomic E-state index is 0.0449. The molecule has 0 aliphatic carbocycles. The fourth-order valence-electron chi connectivity index (χ4n) is 5.32. The van der Waals surface area contributed by atoms with E-state index >= 15 is 0 Å². The second-order valence-corrected chi connectivity index (χ2v) is 9.77. The number of nitrogens with zero attached hydrogens (tertiary/aromatic N) is 5. The lowest BCUT2D eigenvalue weighted by molar-refractivity contribution is -0.143. The Bertz CT molecular complexity index is 1480. The van der Waals surface area contributed by atoms with E-state index in [4.69, 9.17) is 4.74 Å². The smallest absolute Gasteiger partial charge is 0.433 e. The van der Waals surface area contributed by atoms with Crippen LogP contribution in [0.1, 0.15) is 33.2 Å². The molecule has 1 aliphatic heterocycles. The summed E-state index contributed by atoms with van der Waals surface area (Å²) >= 11 is 0. The maximum absolute atomic E-state index is 14.3. The lowest BCUT2D eigenvalue weighted by Gasteiger charge is -2.39. The number of likely N-dealkylation sites (N-methyl/N-ethyl adjacent to an activating group) is 1. The Balaban J connectivity index is 1.45. The van der Waals surface area contributed by atoms with Gasteiger partial charge in [-0.2, -0.15) is 18.3 Å². The maximum atomic E-state index is 14.3. The Morgan fingerprint density at radius 1 is 1.05 bits per heavy atom. The number of hydrogen-bond acceptors (Lipinski definition) is 6. The summed E-state index contributed by atoms with van der Waals surface area (Å²) < 4.78 is 48.7. The summed E-state index contributed by atoms with van der Waals surface area (Å²) in [5, 5.41) is 7.23. The molecule has 0 radical (unpaired) electrons. The van der Waals surface area contributed by atoms with E-state index in [-0.39, 0.29) is 34.4 Å². The highest BCUT2D eigenvalue weighted by atomic mass is 19.4. The summed E-state index contributed by atoms with van der Waals surface area (Å²) in [7, 11) is 3.42. The normalized spacial score (nSPS) is 15.4. The molecule has 2 aromatic carbocycles. The number of rotatable bonds is 7. The van der Waals surface area contributed by atoms with Gasteiger partial charge in [0.05, 0.1) is 19.0 Å². The van der Waals surface area contributed by atoms with Crippen LogP contribution < -0.4 is 10.1 Å².